The molecule has 3 rings (SSSR count). The van der Waals surface area contributed by atoms with Crippen LogP contribution in [-0.2, 0) is 19.5 Å². The van der Waals surface area contributed by atoms with Gasteiger partial charge in [0, 0.05) is 6.42 Å². The van der Waals surface area contributed by atoms with E-state index >= 15 is 0 Å². The van der Waals surface area contributed by atoms with E-state index in [9.17, 15) is 14.7 Å². The molecule has 1 heterocycles. The van der Waals surface area contributed by atoms with E-state index in [1.165, 1.54) is 23.9 Å². The Bertz CT molecular complexity index is 1140. The van der Waals surface area contributed by atoms with Gasteiger partial charge in [0.2, 0.25) is 0 Å². The molecular weight excluding hydrogens is 414 g/mol. The summed E-state index contributed by atoms with van der Waals surface area (Å²) in [6.07, 6.45) is 10.4. The number of carboxylic acid groups (broad SMARTS) is 1. The molecule has 174 valence electrons. The molecule has 0 aliphatic carbocycles. The summed E-state index contributed by atoms with van der Waals surface area (Å²) in [5, 5.41) is 14.1. The average molecular weight is 448 g/mol. The zero-order valence-electron chi connectivity index (χ0n) is 19.5. The Labute approximate surface area is 195 Å². The van der Waals surface area contributed by atoms with Gasteiger partial charge in [-0.15, -0.1) is 0 Å². The number of hydrogen-bond acceptors (Lipinski definition) is 3. The molecule has 1 aromatic heterocycles. The molecule has 6 nitrogen and oxygen atoms in total. The Morgan fingerprint density at radius 2 is 1.76 bits per heavy atom. The Hall–Kier alpha value is -3.41. The zero-order chi connectivity index (χ0) is 23.6. The van der Waals surface area contributed by atoms with Crippen molar-refractivity contribution in [2.24, 2.45) is 0 Å². The second-order valence-corrected chi connectivity index (χ2v) is 8.25. The van der Waals surface area contributed by atoms with Gasteiger partial charge in [-0.25, -0.2) is 14.3 Å². The minimum Gasteiger partial charge on any atom is -0.478 e. The third-order valence-electron chi connectivity index (χ3n) is 5.78. The van der Waals surface area contributed by atoms with Crippen LogP contribution in [0, 0.1) is 0 Å². The molecule has 0 unspecified atom stereocenters. The predicted octanol–water partition coefficient (Wildman–Crippen LogP) is 5.55. The first-order chi connectivity index (χ1) is 16.0. The lowest BCUT2D eigenvalue weighted by atomic mass is 9.99. The number of aromatic nitrogens is 3. The van der Waals surface area contributed by atoms with Crippen LogP contribution >= 0.6 is 0 Å². The van der Waals surface area contributed by atoms with Crippen LogP contribution in [0.5, 0.6) is 0 Å². The average Bonchev–Trinajstić information content (AvgIpc) is 3.12. The summed E-state index contributed by atoms with van der Waals surface area (Å²) >= 11 is 0. The summed E-state index contributed by atoms with van der Waals surface area (Å²) in [6.45, 7) is 5.04. The lowest BCUT2D eigenvalue weighted by Crippen LogP contribution is -2.25. The summed E-state index contributed by atoms with van der Waals surface area (Å²) < 4.78 is 3.29. The standard InChI is InChI=1S/C27H33N3O3/c1-3-5-7-8-9-14-25-28-30(19-6-4-2)27(33)29(25)20-21-15-17-22(18-16-21)23-12-10-11-13-24(23)26(31)32/h4,6,10-13,15-18H,3,5,7-9,14,19-20H2,1-2H3,(H,31,32). The van der Waals surface area contributed by atoms with E-state index in [1.807, 2.05) is 55.5 Å². The highest BCUT2D eigenvalue weighted by molar-refractivity contribution is 5.95. The fraction of sp³-hybridized carbons (Fsp3) is 0.370. The van der Waals surface area contributed by atoms with Gasteiger partial charge in [0.1, 0.15) is 5.82 Å². The molecule has 2 aromatic carbocycles. The smallest absolute Gasteiger partial charge is 0.346 e. The summed E-state index contributed by atoms with van der Waals surface area (Å²) in [4.78, 5) is 24.6. The molecule has 0 aliphatic heterocycles. The molecule has 0 saturated carbocycles. The van der Waals surface area contributed by atoms with Crippen molar-refractivity contribution in [3.05, 3.63) is 88.1 Å². The highest BCUT2D eigenvalue weighted by atomic mass is 16.4. The lowest BCUT2D eigenvalue weighted by Gasteiger charge is -2.09. The summed E-state index contributed by atoms with van der Waals surface area (Å²) in [7, 11) is 0. The van der Waals surface area contributed by atoms with Crippen molar-refractivity contribution in [3.8, 4) is 11.1 Å². The third-order valence-corrected chi connectivity index (χ3v) is 5.78. The van der Waals surface area contributed by atoms with E-state index in [0.29, 0.717) is 18.7 Å². The molecule has 3 aromatic rings. The molecular formula is C27H33N3O3. The van der Waals surface area contributed by atoms with Crippen molar-refractivity contribution in [2.45, 2.75) is 65.5 Å². The topological polar surface area (TPSA) is 77.1 Å². The Kier molecular flexibility index (Phi) is 8.81. The minimum absolute atomic E-state index is 0.100. The molecule has 0 amide bonds. The number of carbonyl (C=O) groups is 1. The summed E-state index contributed by atoms with van der Waals surface area (Å²) in [5.41, 5.74) is 2.67. The van der Waals surface area contributed by atoms with Crippen molar-refractivity contribution in [1.82, 2.24) is 14.3 Å². The first-order valence-electron chi connectivity index (χ1n) is 11.7. The van der Waals surface area contributed by atoms with Crippen LogP contribution in [0.2, 0.25) is 0 Å². The van der Waals surface area contributed by atoms with Gasteiger partial charge in [-0.2, -0.15) is 5.10 Å². The number of benzene rings is 2. The number of hydrogen-bond donors (Lipinski definition) is 1. The molecule has 0 bridgehead atoms. The van der Waals surface area contributed by atoms with Gasteiger partial charge < -0.3 is 5.11 Å². The molecule has 0 atom stereocenters. The highest BCUT2D eigenvalue weighted by Crippen LogP contribution is 2.24. The number of nitrogens with zero attached hydrogens (tertiary/aromatic N) is 3. The fourth-order valence-electron chi connectivity index (χ4n) is 3.93. The molecule has 6 heteroatoms. The summed E-state index contributed by atoms with van der Waals surface area (Å²) in [6, 6.07) is 14.7. The van der Waals surface area contributed by atoms with Gasteiger partial charge in [-0.1, -0.05) is 87.2 Å². The SMILES string of the molecule is CC=CCn1nc(CCCCCCC)n(Cc2ccc(-c3ccccc3C(=O)O)cc2)c1=O. The van der Waals surface area contributed by atoms with Crippen LogP contribution in [0.15, 0.2) is 65.5 Å². The van der Waals surface area contributed by atoms with Gasteiger partial charge in [0.15, 0.2) is 0 Å². The monoisotopic (exact) mass is 447 g/mol. The second kappa shape index (κ2) is 12.0. The normalized spacial score (nSPS) is 11.3. The molecule has 33 heavy (non-hydrogen) atoms. The first kappa shape index (κ1) is 24.2. The van der Waals surface area contributed by atoms with Crippen LogP contribution in [0.3, 0.4) is 0 Å². The van der Waals surface area contributed by atoms with E-state index in [-0.39, 0.29) is 11.3 Å². The fourth-order valence-corrected chi connectivity index (χ4v) is 3.93. The third kappa shape index (κ3) is 6.31. The molecule has 0 fully saturated rings. The number of rotatable bonds is 12. The first-order valence-corrected chi connectivity index (χ1v) is 11.7. The maximum atomic E-state index is 13.0. The van der Waals surface area contributed by atoms with E-state index in [1.54, 1.807) is 16.7 Å². The van der Waals surface area contributed by atoms with Gasteiger partial charge in [0.25, 0.3) is 0 Å². The van der Waals surface area contributed by atoms with Crippen molar-refractivity contribution >= 4 is 5.97 Å². The van der Waals surface area contributed by atoms with Crippen LogP contribution < -0.4 is 5.69 Å². The lowest BCUT2D eigenvalue weighted by molar-refractivity contribution is 0.0697. The molecule has 0 aliphatic rings. The Balaban J connectivity index is 1.82. The number of carboxylic acids is 1. The van der Waals surface area contributed by atoms with E-state index in [0.717, 1.165) is 36.2 Å². The van der Waals surface area contributed by atoms with Crippen molar-refractivity contribution < 1.29 is 9.90 Å². The largest absolute Gasteiger partial charge is 0.478 e. The second-order valence-electron chi connectivity index (χ2n) is 8.25. The Morgan fingerprint density at radius 3 is 2.45 bits per heavy atom. The van der Waals surface area contributed by atoms with Crippen molar-refractivity contribution in [2.75, 3.05) is 0 Å². The van der Waals surface area contributed by atoms with E-state index < -0.39 is 5.97 Å². The van der Waals surface area contributed by atoms with Crippen LogP contribution in [0.4, 0.5) is 0 Å². The number of aryl methyl sites for hydroxylation is 1. The van der Waals surface area contributed by atoms with Gasteiger partial charge in [0.05, 0.1) is 18.7 Å². The minimum atomic E-state index is -0.946. The van der Waals surface area contributed by atoms with Gasteiger partial charge in [-0.3, -0.25) is 4.57 Å². The van der Waals surface area contributed by atoms with Crippen LogP contribution in [0.1, 0.15) is 67.7 Å². The number of unbranched alkanes of at least 4 members (excludes halogenated alkanes) is 4. The highest BCUT2D eigenvalue weighted by Gasteiger charge is 2.14. The quantitative estimate of drug-likeness (QED) is 0.292. The van der Waals surface area contributed by atoms with E-state index in [4.69, 9.17) is 0 Å². The van der Waals surface area contributed by atoms with Crippen molar-refractivity contribution in [3.63, 3.8) is 0 Å². The molecule has 0 saturated heterocycles. The molecule has 0 spiro atoms. The maximum absolute atomic E-state index is 13.0. The predicted molar refractivity (Wildman–Crippen MR) is 132 cm³/mol. The summed E-state index contributed by atoms with van der Waals surface area (Å²) in [5.74, 6) is -0.125. The van der Waals surface area contributed by atoms with Gasteiger partial charge >= 0.3 is 11.7 Å². The number of allylic oxidation sites excluding steroid dienone is 2. The van der Waals surface area contributed by atoms with Gasteiger partial charge in [-0.05, 0) is 36.1 Å². The van der Waals surface area contributed by atoms with E-state index in [2.05, 4.69) is 12.0 Å². The van der Waals surface area contributed by atoms with Crippen molar-refractivity contribution in [1.29, 1.82) is 0 Å². The zero-order valence-corrected chi connectivity index (χ0v) is 19.5. The molecule has 1 N–H and O–H groups in total. The maximum Gasteiger partial charge on any atom is 0.346 e. The number of aromatic carboxylic acids is 1. The molecule has 0 radical (unpaired) electrons. The Morgan fingerprint density at radius 1 is 1.03 bits per heavy atom. The van der Waals surface area contributed by atoms with Crippen LogP contribution in [0.25, 0.3) is 11.1 Å². The van der Waals surface area contributed by atoms with Crippen LogP contribution in [-0.4, -0.2) is 25.4 Å².